The summed E-state index contributed by atoms with van der Waals surface area (Å²) in [6, 6.07) is 5.28. The highest BCUT2D eigenvalue weighted by Gasteiger charge is 2.18. The molecule has 0 radical (unpaired) electrons. The summed E-state index contributed by atoms with van der Waals surface area (Å²) in [4.78, 5) is 14.5. The third-order valence-electron chi connectivity index (χ3n) is 3.77. The third kappa shape index (κ3) is 4.19. The summed E-state index contributed by atoms with van der Waals surface area (Å²) >= 11 is 1.31. The van der Waals surface area contributed by atoms with Crippen LogP contribution in [0, 0.1) is 17.0 Å². The van der Waals surface area contributed by atoms with E-state index in [9.17, 15) is 10.1 Å². The molecule has 2 heterocycles. The molecule has 2 aromatic heterocycles. The number of aryl methyl sites for hydroxylation is 1. The Labute approximate surface area is 158 Å². The van der Waals surface area contributed by atoms with Gasteiger partial charge in [-0.25, -0.2) is 9.55 Å². The SMILES string of the molecule is COc1cc(OC)cc(-c2nnc(SCCn3c([N+](=O)[O-])cnc3C)o2)c1. The molecule has 27 heavy (non-hydrogen) atoms. The predicted octanol–water partition coefficient (Wildman–Crippen LogP) is 2.96. The van der Waals surface area contributed by atoms with Crippen molar-refractivity contribution in [2.45, 2.75) is 18.7 Å². The van der Waals surface area contributed by atoms with Crippen LogP contribution in [0.15, 0.2) is 34.0 Å². The lowest BCUT2D eigenvalue weighted by Gasteiger charge is -2.05. The van der Waals surface area contributed by atoms with Crippen LogP contribution in [0.25, 0.3) is 11.5 Å². The Balaban J connectivity index is 1.69. The number of thioether (sulfide) groups is 1. The van der Waals surface area contributed by atoms with Gasteiger partial charge >= 0.3 is 5.82 Å². The Morgan fingerprint density at radius 1 is 1.22 bits per heavy atom. The second-order valence-corrected chi connectivity index (χ2v) is 6.44. The molecule has 142 valence electrons. The average Bonchev–Trinajstić information content (AvgIpc) is 3.28. The van der Waals surface area contributed by atoms with Crippen LogP contribution in [0.1, 0.15) is 5.82 Å². The minimum atomic E-state index is -0.453. The summed E-state index contributed by atoms with van der Waals surface area (Å²) in [5, 5.41) is 19.4. The lowest BCUT2D eigenvalue weighted by atomic mass is 10.2. The van der Waals surface area contributed by atoms with E-state index >= 15 is 0 Å². The molecule has 0 amide bonds. The predicted molar refractivity (Wildman–Crippen MR) is 97.2 cm³/mol. The molecule has 0 fully saturated rings. The fourth-order valence-corrected chi connectivity index (χ4v) is 3.10. The Kier molecular flexibility index (Phi) is 5.60. The zero-order valence-electron chi connectivity index (χ0n) is 14.9. The number of ether oxygens (including phenoxy) is 2. The summed E-state index contributed by atoms with van der Waals surface area (Å²) in [7, 11) is 3.12. The molecule has 3 rings (SSSR count). The van der Waals surface area contributed by atoms with Crippen molar-refractivity contribution in [1.82, 2.24) is 19.7 Å². The molecular weight excluding hydrogens is 374 g/mol. The molecular formula is C16H17N5O5S. The molecule has 0 atom stereocenters. The number of nitrogens with zero attached hydrogens (tertiary/aromatic N) is 5. The van der Waals surface area contributed by atoms with Crippen LogP contribution in [-0.2, 0) is 6.54 Å². The molecule has 0 N–H and O–H groups in total. The lowest BCUT2D eigenvalue weighted by molar-refractivity contribution is -0.392. The molecule has 1 aromatic carbocycles. The topological polar surface area (TPSA) is 118 Å². The van der Waals surface area contributed by atoms with Gasteiger partial charge in [0.15, 0.2) is 5.82 Å². The normalized spacial score (nSPS) is 10.8. The van der Waals surface area contributed by atoms with Crippen LogP contribution in [0.5, 0.6) is 11.5 Å². The van der Waals surface area contributed by atoms with Crippen molar-refractivity contribution in [1.29, 1.82) is 0 Å². The summed E-state index contributed by atoms with van der Waals surface area (Å²) in [5.41, 5.74) is 0.673. The first kappa shape index (κ1) is 18.7. The molecule has 0 unspecified atom stereocenters. The van der Waals surface area contributed by atoms with Gasteiger partial charge in [-0.2, -0.15) is 0 Å². The van der Waals surface area contributed by atoms with E-state index in [0.717, 1.165) is 0 Å². The second kappa shape index (κ2) is 8.08. The fourth-order valence-electron chi connectivity index (χ4n) is 2.42. The third-order valence-corrected chi connectivity index (χ3v) is 4.57. The molecule has 0 saturated heterocycles. The zero-order valence-corrected chi connectivity index (χ0v) is 15.7. The Hall–Kier alpha value is -3.08. The van der Waals surface area contributed by atoms with Crippen LogP contribution in [-0.4, -0.2) is 44.6 Å². The number of aromatic nitrogens is 4. The maximum Gasteiger partial charge on any atom is 0.342 e. The van der Waals surface area contributed by atoms with E-state index < -0.39 is 4.92 Å². The van der Waals surface area contributed by atoms with Crippen LogP contribution < -0.4 is 9.47 Å². The van der Waals surface area contributed by atoms with E-state index in [0.29, 0.717) is 46.3 Å². The van der Waals surface area contributed by atoms with Gasteiger partial charge in [0.25, 0.3) is 5.22 Å². The van der Waals surface area contributed by atoms with Crippen molar-refractivity contribution < 1.29 is 18.8 Å². The van der Waals surface area contributed by atoms with E-state index in [-0.39, 0.29) is 5.82 Å². The molecule has 0 aliphatic rings. The minimum Gasteiger partial charge on any atom is -0.497 e. The molecule has 0 aliphatic heterocycles. The zero-order chi connectivity index (χ0) is 19.4. The van der Waals surface area contributed by atoms with Gasteiger partial charge in [-0.05, 0) is 17.1 Å². The Morgan fingerprint density at radius 3 is 2.56 bits per heavy atom. The van der Waals surface area contributed by atoms with Crippen molar-refractivity contribution in [3.8, 4) is 23.0 Å². The number of benzene rings is 1. The van der Waals surface area contributed by atoms with Crippen LogP contribution in [0.4, 0.5) is 5.82 Å². The van der Waals surface area contributed by atoms with Gasteiger partial charge in [-0.3, -0.25) is 0 Å². The number of nitro groups is 1. The first-order valence-electron chi connectivity index (χ1n) is 7.88. The lowest BCUT2D eigenvalue weighted by Crippen LogP contribution is -2.06. The Morgan fingerprint density at radius 2 is 1.93 bits per heavy atom. The smallest absolute Gasteiger partial charge is 0.342 e. The molecule has 3 aromatic rings. The molecule has 10 nitrogen and oxygen atoms in total. The van der Waals surface area contributed by atoms with Gasteiger partial charge < -0.3 is 24.0 Å². The summed E-state index contributed by atoms with van der Waals surface area (Å²) < 4.78 is 17.7. The maximum atomic E-state index is 11.0. The van der Waals surface area contributed by atoms with Crippen LogP contribution in [0.3, 0.4) is 0 Å². The molecule has 0 aliphatic carbocycles. The van der Waals surface area contributed by atoms with E-state index in [1.807, 2.05) is 0 Å². The average molecular weight is 391 g/mol. The van der Waals surface area contributed by atoms with Gasteiger partial charge in [-0.1, -0.05) is 11.8 Å². The summed E-state index contributed by atoms with van der Waals surface area (Å²) in [5.74, 6) is 2.61. The van der Waals surface area contributed by atoms with E-state index in [1.54, 1.807) is 39.3 Å². The first-order chi connectivity index (χ1) is 13.0. The van der Waals surface area contributed by atoms with Gasteiger partial charge in [0, 0.05) is 24.3 Å². The highest BCUT2D eigenvalue weighted by atomic mass is 32.2. The fraction of sp³-hybridized carbons (Fsp3) is 0.312. The van der Waals surface area contributed by atoms with Crippen LogP contribution in [0.2, 0.25) is 0 Å². The molecule has 0 bridgehead atoms. The molecule has 0 spiro atoms. The second-order valence-electron chi connectivity index (χ2n) is 5.40. The van der Waals surface area contributed by atoms with E-state index in [4.69, 9.17) is 13.9 Å². The van der Waals surface area contributed by atoms with Gasteiger partial charge in [0.2, 0.25) is 5.89 Å². The van der Waals surface area contributed by atoms with Crippen LogP contribution >= 0.6 is 11.8 Å². The van der Waals surface area contributed by atoms with Crippen molar-refractivity contribution in [2.75, 3.05) is 20.0 Å². The largest absolute Gasteiger partial charge is 0.497 e. The number of methoxy groups -OCH3 is 2. The van der Waals surface area contributed by atoms with Crippen molar-refractivity contribution in [3.63, 3.8) is 0 Å². The van der Waals surface area contributed by atoms with E-state index in [1.165, 1.54) is 22.5 Å². The van der Waals surface area contributed by atoms with Crippen molar-refractivity contribution >= 4 is 17.6 Å². The van der Waals surface area contributed by atoms with Gasteiger partial charge in [0.05, 0.1) is 14.2 Å². The van der Waals surface area contributed by atoms with Crippen molar-refractivity contribution in [2.24, 2.45) is 0 Å². The quantitative estimate of drug-likeness (QED) is 0.324. The summed E-state index contributed by atoms with van der Waals surface area (Å²) in [6.45, 7) is 2.12. The summed E-state index contributed by atoms with van der Waals surface area (Å²) in [6.07, 6.45) is 1.25. The minimum absolute atomic E-state index is 0.0391. The maximum absolute atomic E-state index is 11.0. The number of rotatable bonds is 8. The van der Waals surface area contributed by atoms with Crippen molar-refractivity contribution in [3.05, 3.63) is 40.3 Å². The van der Waals surface area contributed by atoms with E-state index in [2.05, 4.69) is 15.2 Å². The highest BCUT2D eigenvalue weighted by Crippen LogP contribution is 2.30. The molecule has 0 saturated carbocycles. The van der Waals surface area contributed by atoms with Gasteiger partial charge in [-0.15, -0.1) is 10.2 Å². The highest BCUT2D eigenvalue weighted by molar-refractivity contribution is 7.99. The standard InChI is InChI=1S/C16H17N5O5S/c1-10-17-9-14(21(22)23)20(10)4-5-27-16-19-18-15(26-16)11-6-12(24-2)8-13(7-11)25-3/h6-9H,4-5H2,1-3H3. The number of imidazole rings is 1. The number of hydrogen-bond acceptors (Lipinski definition) is 9. The number of hydrogen-bond donors (Lipinski definition) is 0. The Bertz CT molecular complexity index is 932. The molecule has 11 heteroatoms. The van der Waals surface area contributed by atoms with Gasteiger partial charge in [0.1, 0.15) is 24.2 Å². The first-order valence-corrected chi connectivity index (χ1v) is 8.86. The monoisotopic (exact) mass is 391 g/mol.